The van der Waals surface area contributed by atoms with Crippen molar-refractivity contribution in [3.05, 3.63) is 28.8 Å². The van der Waals surface area contributed by atoms with E-state index in [1.165, 1.54) is 0 Å². The lowest BCUT2D eigenvalue weighted by atomic mass is 10.2. The van der Waals surface area contributed by atoms with Gasteiger partial charge in [-0.1, -0.05) is 66.6 Å². The topological polar surface area (TPSA) is 9.23 Å². The minimum Gasteiger partial charge on any atom is -0.491 e. The lowest BCUT2D eigenvalue weighted by Crippen LogP contribution is -2.27. The van der Waals surface area contributed by atoms with Gasteiger partial charge in [-0.25, -0.2) is 0 Å². The van der Waals surface area contributed by atoms with Crippen LogP contribution in [0, 0.1) is 0 Å². The zero-order chi connectivity index (χ0) is 13.1. The first-order valence-electron chi connectivity index (χ1n) is 5.65. The van der Waals surface area contributed by atoms with Crippen molar-refractivity contribution in [2.45, 2.75) is 37.3 Å². The second-order valence-corrected chi connectivity index (χ2v) is 9.36. The Balaban J connectivity index is 2.82. The van der Waals surface area contributed by atoms with Crippen LogP contribution in [0.3, 0.4) is 0 Å². The molecular weight excluding hydrogens is 316 g/mol. The van der Waals surface area contributed by atoms with Crippen molar-refractivity contribution < 1.29 is 4.74 Å². The minimum atomic E-state index is -0.392. The second kappa shape index (κ2) is 6.25. The second-order valence-electron chi connectivity index (χ2n) is 5.03. The Morgan fingerprint density at radius 2 is 2.00 bits per heavy atom. The predicted octanol–water partition coefficient (Wildman–Crippen LogP) is 5.15. The molecule has 0 bridgehead atoms. The molecule has 1 radical (unpaired) electrons. The van der Waals surface area contributed by atoms with Crippen molar-refractivity contribution in [3.63, 3.8) is 0 Å². The van der Waals surface area contributed by atoms with Gasteiger partial charge in [0.05, 0.1) is 20.4 Å². The average Bonchev–Trinajstić information content (AvgIpc) is 2.26. The number of para-hydroxylation sites is 1. The van der Waals surface area contributed by atoms with E-state index in [-0.39, 0.29) is 5.04 Å². The smallest absolute Gasteiger partial charge is 0.141 e. The maximum Gasteiger partial charge on any atom is 0.141 e. The van der Waals surface area contributed by atoms with Gasteiger partial charge in [-0.3, -0.25) is 0 Å². The number of hydrogen-bond acceptors (Lipinski definition) is 1. The minimum absolute atomic E-state index is 0.243. The molecule has 0 aliphatic rings. The third-order valence-electron chi connectivity index (χ3n) is 3.12. The Labute approximate surface area is 119 Å². The van der Waals surface area contributed by atoms with Gasteiger partial charge >= 0.3 is 0 Å². The summed E-state index contributed by atoms with van der Waals surface area (Å²) in [6.07, 6.45) is 0. The predicted molar refractivity (Wildman–Crippen MR) is 81.1 cm³/mol. The van der Waals surface area contributed by atoms with Crippen LogP contribution in [-0.4, -0.2) is 15.4 Å². The third-order valence-corrected chi connectivity index (χ3v) is 6.88. The van der Waals surface area contributed by atoms with E-state index in [0.717, 1.165) is 23.2 Å². The molecule has 0 saturated heterocycles. The summed E-state index contributed by atoms with van der Waals surface area (Å²) < 4.78 is 5.95. The van der Waals surface area contributed by atoms with E-state index in [0.29, 0.717) is 5.02 Å². The van der Waals surface area contributed by atoms with Gasteiger partial charge in [-0.2, -0.15) is 0 Å². The first kappa shape index (κ1) is 15.1. The lowest BCUT2D eigenvalue weighted by molar-refractivity contribution is 0.275. The van der Waals surface area contributed by atoms with Gasteiger partial charge in [0, 0.05) is 10.9 Å². The van der Waals surface area contributed by atoms with Crippen LogP contribution >= 0.6 is 27.5 Å². The molecule has 4 heteroatoms. The zero-order valence-electron chi connectivity index (χ0n) is 10.8. The molecule has 1 rings (SSSR count). The largest absolute Gasteiger partial charge is 0.491 e. The number of rotatable bonds is 5. The van der Waals surface area contributed by atoms with Crippen LogP contribution in [0.1, 0.15) is 19.4 Å². The summed E-state index contributed by atoms with van der Waals surface area (Å²) in [6, 6.07) is 5.86. The molecule has 1 aromatic rings. The standard InChI is InChI=1S/C13H19BrClOSi/c1-13(2,17(3)4)9-16-12-10(8-14)6-5-7-11(12)15/h5-7H,8-9H2,1-4H3. The van der Waals surface area contributed by atoms with Crippen LogP contribution in [0.4, 0.5) is 0 Å². The highest BCUT2D eigenvalue weighted by Crippen LogP contribution is 2.34. The van der Waals surface area contributed by atoms with Crippen LogP contribution in [0.15, 0.2) is 18.2 Å². The first-order chi connectivity index (χ1) is 7.88. The van der Waals surface area contributed by atoms with Gasteiger partial charge in [0.2, 0.25) is 0 Å². The van der Waals surface area contributed by atoms with Crippen molar-refractivity contribution in [1.82, 2.24) is 0 Å². The molecule has 0 N–H and O–H groups in total. The fraction of sp³-hybridized carbons (Fsp3) is 0.538. The molecule has 0 aliphatic carbocycles. The zero-order valence-corrected chi connectivity index (χ0v) is 14.2. The van der Waals surface area contributed by atoms with E-state index >= 15 is 0 Å². The quantitative estimate of drug-likeness (QED) is 0.534. The van der Waals surface area contributed by atoms with E-state index in [1.54, 1.807) is 0 Å². The van der Waals surface area contributed by atoms with Gasteiger partial charge in [0.15, 0.2) is 0 Å². The number of hydrogen-bond donors (Lipinski definition) is 0. The van der Waals surface area contributed by atoms with E-state index in [4.69, 9.17) is 16.3 Å². The van der Waals surface area contributed by atoms with Gasteiger partial charge in [0.25, 0.3) is 0 Å². The highest BCUT2D eigenvalue weighted by atomic mass is 79.9. The lowest BCUT2D eigenvalue weighted by Gasteiger charge is -2.28. The summed E-state index contributed by atoms with van der Waals surface area (Å²) in [6.45, 7) is 9.86. The normalized spacial score (nSPS) is 11.9. The van der Waals surface area contributed by atoms with Gasteiger partial charge in [-0.15, -0.1) is 0 Å². The van der Waals surface area contributed by atoms with E-state index in [9.17, 15) is 0 Å². The number of alkyl halides is 1. The molecule has 0 heterocycles. The van der Waals surface area contributed by atoms with Crippen LogP contribution < -0.4 is 4.74 Å². The summed E-state index contributed by atoms with van der Waals surface area (Å²) in [5.41, 5.74) is 1.11. The fourth-order valence-electron chi connectivity index (χ4n) is 1.22. The SMILES string of the molecule is C[Si](C)C(C)(C)COc1c(Cl)cccc1CBr. The molecule has 95 valence electrons. The molecule has 0 saturated carbocycles. The molecule has 0 unspecified atom stereocenters. The van der Waals surface area contributed by atoms with Crippen molar-refractivity contribution in [2.24, 2.45) is 0 Å². The van der Waals surface area contributed by atoms with E-state index in [2.05, 4.69) is 42.9 Å². The Morgan fingerprint density at radius 3 is 2.53 bits per heavy atom. The summed E-state index contributed by atoms with van der Waals surface area (Å²) in [5, 5.41) is 1.70. The summed E-state index contributed by atoms with van der Waals surface area (Å²) in [5.74, 6) is 0.822. The molecule has 0 aromatic heterocycles. The summed E-state index contributed by atoms with van der Waals surface area (Å²) in [7, 11) is -0.392. The Morgan fingerprint density at radius 1 is 1.35 bits per heavy atom. The monoisotopic (exact) mass is 333 g/mol. The third kappa shape index (κ3) is 4.00. The molecule has 0 aliphatic heterocycles. The first-order valence-corrected chi connectivity index (χ1v) is 9.65. The van der Waals surface area contributed by atoms with Crippen molar-refractivity contribution in [3.8, 4) is 5.75 Å². The van der Waals surface area contributed by atoms with Crippen LogP contribution in [0.5, 0.6) is 5.75 Å². The number of halogens is 2. The highest BCUT2D eigenvalue weighted by molar-refractivity contribution is 9.08. The summed E-state index contributed by atoms with van der Waals surface area (Å²) >= 11 is 9.64. The molecule has 17 heavy (non-hydrogen) atoms. The molecule has 1 nitrogen and oxygen atoms in total. The van der Waals surface area contributed by atoms with Crippen LogP contribution in [-0.2, 0) is 5.33 Å². The van der Waals surface area contributed by atoms with Gasteiger partial charge in [-0.05, 0) is 11.1 Å². The van der Waals surface area contributed by atoms with E-state index in [1.807, 2.05) is 18.2 Å². The van der Waals surface area contributed by atoms with Gasteiger partial charge in [0.1, 0.15) is 5.75 Å². The summed E-state index contributed by atoms with van der Waals surface area (Å²) in [4.78, 5) is 0. The molecule has 0 spiro atoms. The van der Waals surface area contributed by atoms with Crippen molar-refractivity contribution >= 4 is 36.3 Å². The Kier molecular flexibility index (Phi) is 5.54. The maximum absolute atomic E-state index is 6.18. The van der Waals surface area contributed by atoms with Crippen LogP contribution in [0.2, 0.25) is 23.2 Å². The average molecular weight is 335 g/mol. The van der Waals surface area contributed by atoms with E-state index < -0.39 is 8.80 Å². The number of benzene rings is 1. The Hall–Kier alpha value is 0.00688. The molecule has 0 amide bonds. The Bertz CT molecular complexity index is 380. The van der Waals surface area contributed by atoms with Crippen molar-refractivity contribution in [2.75, 3.05) is 6.61 Å². The van der Waals surface area contributed by atoms with Crippen LogP contribution in [0.25, 0.3) is 0 Å². The fourth-order valence-corrected chi connectivity index (χ4v) is 2.27. The maximum atomic E-state index is 6.18. The molecule has 0 fully saturated rings. The highest BCUT2D eigenvalue weighted by Gasteiger charge is 2.25. The van der Waals surface area contributed by atoms with Crippen molar-refractivity contribution in [1.29, 1.82) is 0 Å². The molecule has 0 atom stereocenters. The van der Waals surface area contributed by atoms with Gasteiger partial charge < -0.3 is 4.74 Å². The molecular formula is C13H19BrClOSi. The number of ether oxygens (including phenoxy) is 1. The molecule has 1 aromatic carbocycles.